The number of hydrogen-bond donors (Lipinski definition) is 0. The fourth-order valence-electron chi connectivity index (χ4n) is 2.18. The molecule has 0 bridgehead atoms. The van der Waals surface area contributed by atoms with Gasteiger partial charge in [-0.1, -0.05) is 6.92 Å². The smallest absolute Gasteiger partial charge is 0.205 e. The van der Waals surface area contributed by atoms with Gasteiger partial charge in [0.2, 0.25) is 5.13 Å². The standard InChI is InChI=1S/C10H16ClN3S/c1-8(6-11)9-4-2-3-5-14(9)10-12-7-13-15-10/h7-9H,2-6H2,1H3. The zero-order chi connectivity index (χ0) is 10.7. The molecule has 2 heterocycles. The number of alkyl halides is 1. The average Bonchev–Trinajstić information content (AvgIpc) is 2.81. The molecule has 2 atom stereocenters. The molecular formula is C10H16ClN3S. The first-order valence-corrected chi connectivity index (χ1v) is 6.73. The third-order valence-electron chi connectivity index (χ3n) is 3.04. The minimum Gasteiger partial charge on any atom is -0.344 e. The van der Waals surface area contributed by atoms with Crippen molar-refractivity contribution < 1.29 is 0 Å². The second-order valence-corrected chi connectivity index (χ2v) is 5.18. The molecule has 1 aliphatic rings. The van der Waals surface area contributed by atoms with Crippen LogP contribution in [0.25, 0.3) is 0 Å². The van der Waals surface area contributed by atoms with E-state index in [0.29, 0.717) is 12.0 Å². The largest absolute Gasteiger partial charge is 0.344 e. The molecule has 5 heteroatoms. The average molecular weight is 246 g/mol. The van der Waals surface area contributed by atoms with Crippen LogP contribution in [0.15, 0.2) is 6.33 Å². The molecule has 2 rings (SSSR count). The third kappa shape index (κ3) is 2.42. The number of aromatic nitrogens is 2. The number of piperidine rings is 1. The van der Waals surface area contributed by atoms with Crippen molar-refractivity contribution >= 4 is 28.3 Å². The second kappa shape index (κ2) is 5.12. The molecule has 2 unspecified atom stereocenters. The van der Waals surface area contributed by atoms with Gasteiger partial charge in [0.15, 0.2) is 0 Å². The minimum absolute atomic E-state index is 0.524. The summed E-state index contributed by atoms with van der Waals surface area (Å²) in [6.07, 6.45) is 5.43. The van der Waals surface area contributed by atoms with Crippen molar-refractivity contribution in [2.75, 3.05) is 17.3 Å². The fraction of sp³-hybridized carbons (Fsp3) is 0.800. The molecule has 84 valence electrons. The van der Waals surface area contributed by atoms with Gasteiger partial charge in [0.1, 0.15) is 6.33 Å². The highest BCUT2D eigenvalue weighted by Gasteiger charge is 2.28. The number of nitrogens with zero attached hydrogens (tertiary/aromatic N) is 3. The topological polar surface area (TPSA) is 29.0 Å². The molecule has 3 nitrogen and oxygen atoms in total. The lowest BCUT2D eigenvalue weighted by Gasteiger charge is -2.38. The van der Waals surface area contributed by atoms with Crippen LogP contribution in [0, 0.1) is 5.92 Å². The highest BCUT2D eigenvalue weighted by molar-refractivity contribution is 7.09. The predicted octanol–water partition coefficient (Wildman–Crippen LogP) is 2.77. The lowest BCUT2D eigenvalue weighted by atomic mass is 9.93. The van der Waals surface area contributed by atoms with Crippen LogP contribution in [-0.4, -0.2) is 27.8 Å². The summed E-state index contributed by atoms with van der Waals surface area (Å²) >= 11 is 7.44. The van der Waals surface area contributed by atoms with Gasteiger partial charge >= 0.3 is 0 Å². The maximum atomic E-state index is 5.95. The summed E-state index contributed by atoms with van der Waals surface area (Å²) in [4.78, 5) is 6.68. The molecule has 1 saturated heterocycles. The maximum Gasteiger partial charge on any atom is 0.205 e. The van der Waals surface area contributed by atoms with Crippen molar-refractivity contribution in [3.63, 3.8) is 0 Å². The minimum atomic E-state index is 0.524. The molecule has 1 aromatic rings. The van der Waals surface area contributed by atoms with E-state index in [2.05, 4.69) is 21.2 Å². The fourth-order valence-corrected chi connectivity index (χ4v) is 3.00. The molecule has 0 aromatic carbocycles. The van der Waals surface area contributed by atoms with Gasteiger partial charge in [-0.15, -0.1) is 11.6 Å². The van der Waals surface area contributed by atoms with Crippen molar-refractivity contribution in [2.45, 2.75) is 32.2 Å². The summed E-state index contributed by atoms with van der Waals surface area (Å²) in [5.74, 6) is 1.25. The van der Waals surface area contributed by atoms with Crippen LogP contribution >= 0.6 is 23.1 Å². The monoisotopic (exact) mass is 245 g/mol. The van der Waals surface area contributed by atoms with Crippen LogP contribution < -0.4 is 4.90 Å². The van der Waals surface area contributed by atoms with Crippen LogP contribution in [-0.2, 0) is 0 Å². The van der Waals surface area contributed by atoms with Crippen molar-refractivity contribution in [1.29, 1.82) is 0 Å². The molecule has 0 saturated carbocycles. The highest BCUT2D eigenvalue weighted by Crippen LogP contribution is 2.29. The molecule has 0 spiro atoms. The van der Waals surface area contributed by atoms with Gasteiger partial charge < -0.3 is 4.90 Å². The number of hydrogen-bond acceptors (Lipinski definition) is 4. The van der Waals surface area contributed by atoms with Crippen molar-refractivity contribution in [2.24, 2.45) is 5.92 Å². The van der Waals surface area contributed by atoms with Gasteiger partial charge in [-0.3, -0.25) is 0 Å². The first-order chi connectivity index (χ1) is 7.33. The van der Waals surface area contributed by atoms with E-state index < -0.39 is 0 Å². The Hall–Kier alpha value is -0.350. The Morgan fingerprint density at radius 2 is 2.53 bits per heavy atom. The zero-order valence-electron chi connectivity index (χ0n) is 8.90. The Labute approximate surface area is 99.6 Å². The lowest BCUT2D eigenvalue weighted by Crippen LogP contribution is -2.44. The van der Waals surface area contributed by atoms with Gasteiger partial charge in [-0.2, -0.15) is 4.37 Å². The molecule has 15 heavy (non-hydrogen) atoms. The predicted molar refractivity (Wildman–Crippen MR) is 64.8 cm³/mol. The summed E-state index contributed by atoms with van der Waals surface area (Å²) in [5, 5.41) is 1.05. The first-order valence-electron chi connectivity index (χ1n) is 5.42. The summed E-state index contributed by atoms with van der Waals surface area (Å²) in [7, 11) is 0. The summed E-state index contributed by atoms with van der Waals surface area (Å²) in [5.41, 5.74) is 0. The Balaban J connectivity index is 2.12. The second-order valence-electron chi connectivity index (χ2n) is 4.11. The van der Waals surface area contributed by atoms with Crippen LogP contribution in [0.3, 0.4) is 0 Å². The van der Waals surface area contributed by atoms with Gasteiger partial charge in [-0.25, -0.2) is 4.98 Å². The quantitative estimate of drug-likeness (QED) is 0.767. The zero-order valence-corrected chi connectivity index (χ0v) is 10.5. The molecule has 1 fully saturated rings. The third-order valence-corrected chi connectivity index (χ3v) is 4.23. The van der Waals surface area contributed by atoms with Gasteiger partial charge in [-0.05, 0) is 25.2 Å². The molecule has 1 aromatic heterocycles. The van der Waals surface area contributed by atoms with E-state index >= 15 is 0 Å². The Kier molecular flexibility index (Phi) is 3.81. The lowest BCUT2D eigenvalue weighted by molar-refractivity contribution is 0.377. The van der Waals surface area contributed by atoms with E-state index in [4.69, 9.17) is 11.6 Å². The normalized spacial score (nSPS) is 24.1. The Bertz CT molecular complexity index is 291. The molecule has 0 aliphatic carbocycles. The van der Waals surface area contributed by atoms with Gasteiger partial charge in [0, 0.05) is 30.0 Å². The molecular weight excluding hydrogens is 230 g/mol. The molecule has 0 amide bonds. The van der Waals surface area contributed by atoms with Crippen LogP contribution in [0.2, 0.25) is 0 Å². The van der Waals surface area contributed by atoms with E-state index in [9.17, 15) is 0 Å². The van der Waals surface area contributed by atoms with Gasteiger partial charge in [0.25, 0.3) is 0 Å². The number of halogens is 1. The van der Waals surface area contributed by atoms with Crippen LogP contribution in [0.1, 0.15) is 26.2 Å². The molecule has 0 radical (unpaired) electrons. The Morgan fingerprint density at radius 3 is 3.20 bits per heavy atom. The van der Waals surface area contributed by atoms with E-state index in [-0.39, 0.29) is 0 Å². The van der Waals surface area contributed by atoms with E-state index in [1.54, 1.807) is 6.33 Å². The van der Waals surface area contributed by atoms with Crippen molar-refractivity contribution in [3.8, 4) is 0 Å². The van der Waals surface area contributed by atoms with E-state index in [0.717, 1.165) is 17.6 Å². The summed E-state index contributed by atoms with van der Waals surface area (Å²) in [6, 6.07) is 0.546. The first kappa shape index (κ1) is 11.1. The van der Waals surface area contributed by atoms with Crippen LogP contribution in [0.4, 0.5) is 5.13 Å². The molecule has 1 aliphatic heterocycles. The van der Waals surface area contributed by atoms with E-state index in [1.165, 1.54) is 30.8 Å². The highest BCUT2D eigenvalue weighted by atomic mass is 35.5. The van der Waals surface area contributed by atoms with Crippen molar-refractivity contribution in [3.05, 3.63) is 6.33 Å². The number of anilines is 1. The SMILES string of the molecule is CC(CCl)C1CCCCN1c1ncns1. The molecule has 0 N–H and O–H groups in total. The Morgan fingerprint density at radius 1 is 1.67 bits per heavy atom. The number of rotatable bonds is 3. The summed E-state index contributed by atoms with van der Waals surface area (Å²) in [6.45, 7) is 3.32. The van der Waals surface area contributed by atoms with Gasteiger partial charge in [0.05, 0.1) is 0 Å². The summed E-state index contributed by atoms with van der Waals surface area (Å²) < 4.78 is 4.07. The maximum absolute atomic E-state index is 5.95. The van der Waals surface area contributed by atoms with Crippen LogP contribution in [0.5, 0.6) is 0 Å². The van der Waals surface area contributed by atoms with E-state index in [1.807, 2.05) is 0 Å². The van der Waals surface area contributed by atoms with Crippen molar-refractivity contribution in [1.82, 2.24) is 9.36 Å².